The molecule has 0 saturated carbocycles. The summed E-state index contributed by atoms with van der Waals surface area (Å²) in [6.07, 6.45) is 11.9. The molecule has 2 nitrogen and oxygen atoms in total. The number of hydrogen-bond donors (Lipinski definition) is 1. The average Bonchev–Trinajstić information content (AvgIpc) is 2.44. The zero-order chi connectivity index (χ0) is 14.5. The van der Waals surface area contributed by atoms with E-state index in [0.29, 0.717) is 5.94 Å². The van der Waals surface area contributed by atoms with Gasteiger partial charge in [-0.2, -0.15) is 0 Å². The number of rotatable bonds is 13. The number of hydrogen-bond acceptors (Lipinski definition) is 2. The fraction of sp³-hybridized carbons (Fsp3) is 1.00. The van der Waals surface area contributed by atoms with Gasteiger partial charge in [-0.25, -0.2) is 0 Å². The fourth-order valence-corrected chi connectivity index (χ4v) is 2.84. The first kappa shape index (κ1) is 19.0. The molecule has 0 aromatic rings. The zero-order valence-electron chi connectivity index (χ0n) is 14.0. The van der Waals surface area contributed by atoms with Crippen molar-refractivity contribution in [2.75, 3.05) is 7.11 Å². The predicted molar refractivity (Wildman–Crippen MR) is 88.1 cm³/mol. The minimum absolute atomic E-state index is 0.224. The number of ether oxygens (including phenoxy) is 1. The van der Waals surface area contributed by atoms with Gasteiger partial charge >= 0.3 is 0 Å². The Bertz CT molecular complexity index is 178. The summed E-state index contributed by atoms with van der Waals surface area (Å²) in [6.45, 7) is 9.90. The van der Waals surface area contributed by atoms with Crippen LogP contribution in [0.3, 0.4) is 0 Å². The molecule has 3 heteroatoms. The van der Waals surface area contributed by atoms with E-state index in [9.17, 15) is 0 Å². The zero-order valence-corrected chi connectivity index (χ0v) is 14.0. The maximum Gasteiger partial charge on any atom is 0.160 e. The van der Waals surface area contributed by atoms with Crippen molar-refractivity contribution < 1.29 is 4.74 Å². The number of nitrogens with one attached hydrogen (secondary N) is 1. The molecular weight excluding hydrogens is 233 g/mol. The molecule has 0 amide bonds. The Morgan fingerprint density at radius 2 is 1.53 bits per heavy atom. The molecule has 0 bridgehead atoms. The Kier molecular flexibility index (Phi) is 13.0. The summed E-state index contributed by atoms with van der Waals surface area (Å²) in [5, 5.41) is 3.75. The quantitative estimate of drug-likeness (QED) is 0.384. The maximum atomic E-state index is 5.52. The highest BCUT2D eigenvalue weighted by Crippen LogP contribution is 2.17. The molecule has 0 aliphatic rings. The van der Waals surface area contributed by atoms with Crippen LogP contribution < -0.4 is 5.32 Å². The van der Waals surface area contributed by atoms with Crippen LogP contribution in [0.2, 0.25) is 12.6 Å². The van der Waals surface area contributed by atoms with Gasteiger partial charge < -0.3 is 4.74 Å². The van der Waals surface area contributed by atoms with Crippen LogP contribution in [0.5, 0.6) is 0 Å². The SMILES string of the molecule is CCCCB(CCCC)C(CCC)NC(CC)OC. The van der Waals surface area contributed by atoms with Gasteiger partial charge in [0.05, 0.1) is 0 Å². The Morgan fingerprint density at radius 3 is 1.89 bits per heavy atom. The molecule has 0 radical (unpaired) electrons. The van der Waals surface area contributed by atoms with Gasteiger partial charge in [0.1, 0.15) is 6.23 Å². The van der Waals surface area contributed by atoms with Gasteiger partial charge in [0.25, 0.3) is 0 Å². The first-order valence-electron chi connectivity index (χ1n) is 8.52. The molecule has 2 atom stereocenters. The van der Waals surface area contributed by atoms with Crippen LogP contribution in [-0.4, -0.2) is 26.0 Å². The molecule has 0 rings (SSSR count). The van der Waals surface area contributed by atoms with Crippen molar-refractivity contribution in [3.05, 3.63) is 0 Å². The van der Waals surface area contributed by atoms with Gasteiger partial charge in [0, 0.05) is 7.11 Å². The maximum absolute atomic E-state index is 5.52. The fourth-order valence-electron chi connectivity index (χ4n) is 2.84. The summed E-state index contributed by atoms with van der Waals surface area (Å²) < 4.78 is 5.52. The first-order valence-corrected chi connectivity index (χ1v) is 8.52. The summed E-state index contributed by atoms with van der Waals surface area (Å²) in [5.74, 6) is 0.632. The van der Waals surface area contributed by atoms with Crippen LogP contribution in [0.25, 0.3) is 0 Å². The third-order valence-electron chi connectivity index (χ3n) is 4.08. The minimum atomic E-state index is 0.224. The third kappa shape index (κ3) is 8.70. The highest BCUT2D eigenvalue weighted by atomic mass is 16.5. The van der Waals surface area contributed by atoms with Gasteiger partial charge in [-0.1, -0.05) is 72.4 Å². The van der Waals surface area contributed by atoms with Crippen LogP contribution >= 0.6 is 0 Å². The molecule has 1 N–H and O–H groups in total. The van der Waals surface area contributed by atoms with Crippen molar-refractivity contribution in [2.24, 2.45) is 0 Å². The lowest BCUT2D eigenvalue weighted by molar-refractivity contribution is 0.0662. The Labute approximate surface area is 122 Å². The molecule has 0 heterocycles. The average molecular weight is 269 g/mol. The molecule has 0 fully saturated rings. The number of methoxy groups -OCH3 is 1. The minimum Gasteiger partial charge on any atom is -0.367 e. The number of unbranched alkanes of at least 4 members (excludes halogenated alkanes) is 2. The van der Waals surface area contributed by atoms with Crippen molar-refractivity contribution in [1.82, 2.24) is 5.32 Å². The van der Waals surface area contributed by atoms with Crippen molar-refractivity contribution in [3.8, 4) is 0 Å². The van der Waals surface area contributed by atoms with E-state index in [-0.39, 0.29) is 6.23 Å². The van der Waals surface area contributed by atoms with Gasteiger partial charge in [-0.05, 0) is 18.8 Å². The molecule has 19 heavy (non-hydrogen) atoms. The van der Waals surface area contributed by atoms with Crippen LogP contribution in [0.4, 0.5) is 0 Å². The lowest BCUT2D eigenvalue weighted by atomic mass is 9.38. The van der Waals surface area contributed by atoms with E-state index in [1.54, 1.807) is 0 Å². The largest absolute Gasteiger partial charge is 0.367 e. The van der Waals surface area contributed by atoms with Gasteiger partial charge in [0.15, 0.2) is 6.71 Å². The van der Waals surface area contributed by atoms with E-state index in [2.05, 4.69) is 33.0 Å². The first-order chi connectivity index (χ1) is 9.23. The third-order valence-corrected chi connectivity index (χ3v) is 4.08. The van der Waals surface area contributed by atoms with E-state index < -0.39 is 0 Å². The second-order valence-electron chi connectivity index (χ2n) is 5.74. The van der Waals surface area contributed by atoms with Crippen LogP contribution in [-0.2, 0) is 4.74 Å². The normalized spacial score (nSPS) is 14.4. The topological polar surface area (TPSA) is 21.3 Å². The van der Waals surface area contributed by atoms with Gasteiger partial charge in [-0.3, -0.25) is 5.32 Å². The van der Waals surface area contributed by atoms with E-state index >= 15 is 0 Å². The smallest absolute Gasteiger partial charge is 0.160 e. The molecule has 0 saturated heterocycles. The van der Waals surface area contributed by atoms with E-state index in [4.69, 9.17) is 4.74 Å². The van der Waals surface area contributed by atoms with Gasteiger partial charge in [-0.15, -0.1) is 0 Å². The Balaban J connectivity index is 4.51. The second kappa shape index (κ2) is 13.0. The van der Waals surface area contributed by atoms with Crippen LogP contribution in [0.15, 0.2) is 0 Å². The van der Waals surface area contributed by atoms with E-state index in [1.807, 2.05) is 7.11 Å². The predicted octanol–water partition coefficient (Wildman–Crippen LogP) is 4.76. The van der Waals surface area contributed by atoms with Crippen molar-refractivity contribution in [1.29, 1.82) is 0 Å². The van der Waals surface area contributed by atoms with Crippen LogP contribution in [0, 0.1) is 0 Å². The van der Waals surface area contributed by atoms with Crippen molar-refractivity contribution in [3.63, 3.8) is 0 Å². The highest BCUT2D eigenvalue weighted by molar-refractivity contribution is 6.60. The molecule has 0 aromatic carbocycles. The molecule has 0 spiro atoms. The lowest BCUT2D eigenvalue weighted by Gasteiger charge is -2.29. The molecular formula is C16H36BNO. The van der Waals surface area contributed by atoms with E-state index in [0.717, 1.165) is 13.1 Å². The molecule has 2 unspecified atom stereocenters. The van der Waals surface area contributed by atoms with Crippen molar-refractivity contribution >= 4 is 6.71 Å². The van der Waals surface area contributed by atoms with Gasteiger partial charge in [0.2, 0.25) is 0 Å². The van der Waals surface area contributed by atoms with E-state index in [1.165, 1.54) is 51.2 Å². The Hall–Kier alpha value is -0.0151. The molecule has 114 valence electrons. The lowest BCUT2D eigenvalue weighted by Crippen LogP contribution is -2.48. The summed E-state index contributed by atoms with van der Waals surface area (Å²) in [5.41, 5.74) is 0. The standard InChI is InChI=1S/C16H36BNO/c1-6-10-13-17(14-11-7-2)15(12-8-3)18-16(9-4)19-5/h15-16,18H,6-14H2,1-5H3. The van der Waals surface area contributed by atoms with Crippen molar-refractivity contribution in [2.45, 2.75) is 97.5 Å². The summed E-state index contributed by atoms with van der Waals surface area (Å²) in [4.78, 5) is 0. The van der Waals surface area contributed by atoms with Crippen LogP contribution in [0.1, 0.15) is 72.6 Å². The summed E-state index contributed by atoms with van der Waals surface area (Å²) >= 11 is 0. The molecule has 0 aliphatic heterocycles. The monoisotopic (exact) mass is 269 g/mol. The summed E-state index contributed by atoms with van der Waals surface area (Å²) in [7, 11) is 1.82. The highest BCUT2D eigenvalue weighted by Gasteiger charge is 2.25. The molecule has 0 aliphatic carbocycles. The second-order valence-corrected chi connectivity index (χ2v) is 5.74. The molecule has 0 aromatic heterocycles. The summed E-state index contributed by atoms with van der Waals surface area (Å²) in [6, 6.07) is 0. The Morgan fingerprint density at radius 1 is 0.947 bits per heavy atom.